The molecule has 1 aromatic rings. The van der Waals surface area contributed by atoms with E-state index in [1.54, 1.807) is 0 Å². The molecule has 0 aliphatic rings. The zero-order chi connectivity index (χ0) is 13.7. The molecule has 1 rings (SSSR count). The molecule has 0 radical (unpaired) electrons. The fourth-order valence-electron chi connectivity index (χ4n) is 1.67. The third-order valence-electron chi connectivity index (χ3n) is 2.86. The van der Waals surface area contributed by atoms with E-state index in [1.165, 1.54) is 0 Å². The summed E-state index contributed by atoms with van der Waals surface area (Å²) in [6.07, 6.45) is 0.772. The van der Waals surface area contributed by atoms with E-state index >= 15 is 0 Å². The number of carbonyl (C=O) groups excluding carboxylic acids is 1. The topological polar surface area (TPSA) is 55.1 Å². The predicted octanol–water partition coefficient (Wildman–Crippen LogP) is 2.37. The molecule has 0 aromatic heterocycles. The lowest BCUT2D eigenvalue weighted by Gasteiger charge is -2.19. The van der Waals surface area contributed by atoms with Crippen LogP contribution in [0.4, 0.5) is 0 Å². The maximum absolute atomic E-state index is 11.8. The van der Waals surface area contributed by atoms with Gasteiger partial charge >= 0.3 is 0 Å². The summed E-state index contributed by atoms with van der Waals surface area (Å²) in [7, 11) is 0. The Balaban J connectivity index is 2.49. The van der Waals surface area contributed by atoms with Crippen LogP contribution in [0.25, 0.3) is 0 Å². The van der Waals surface area contributed by atoms with E-state index in [-0.39, 0.29) is 17.9 Å². The van der Waals surface area contributed by atoms with Gasteiger partial charge in [-0.3, -0.25) is 4.79 Å². The molecule has 0 spiro atoms. The summed E-state index contributed by atoms with van der Waals surface area (Å²) in [6.45, 7) is 5.85. The maximum atomic E-state index is 11.8. The zero-order valence-electron chi connectivity index (χ0n) is 11.1. The fourth-order valence-corrected chi connectivity index (χ4v) is 1.79. The first-order chi connectivity index (χ1) is 8.40. The molecule has 0 heterocycles. The summed E-state index contributed by atoms with van der Waals surface area (Å²) >= 11 is 5.82. The maximum Gasteiger partial charge on any atom is 0.237 e. The third-order valence-corrected chi connectivity index (χ3v) is 3.12. The minimum atomic E-state index is -0.447. The van der Waals surface area contributed by atoms with E-state index in [9.17, 15) is 4.79 Å². The van der Waals surface area contributed by atoms with Gasteiger partial charge in [0.2, 0.25) is 5.91 Å². The van der Waals surface area contributed by atoms with Crippen molar-refractivity contribution in [2.45, 2.75) is 39.3 Å². The van der Waals surface area contributed by atoms with Crippen molar-refractivity contribution < 1.29 is 4.79 Å². The van der Waals surface area contributed by atoms with E-state index in [0.717, 1.165) is 17.0 Å². The van der Waals surface area contributed by atoms with Gasteiger partial charge < -0.3 is 11.1 Å². The highest BCUT2D eigenvalue weighted by Crippen LogP contribution is 2.11. The number of benzene rings is 1. The number of nitrogens with two attached hydrogens (primary N) is 1. The first kappa shape index (κ1) is 15.0. The number of hydrogen-bond donors (Lipinski definition) is 2. The second kappa shape index (κ2) is 6.76. The molecule has 3 nitrogen and oxygen atoms in total. The van der Waals surface area contributed by atoms with Gasteiger partial charge in [-0.15, -0.1) is 0 Å². The van der Waals surface area contributed by atoms with Crippen molar-refractivity contribution in [3.8, 4) is 0 Å². The van der Waals surface area contributed by atoms with Crippen LogP contribution < -0.4 is 11.1 Å². The molecule has 0 saturated heterocycles. The van der Waals surface area contributed by atoms with Crippen LogP contribution >= 0.6 is 11.6 Å². The van der Waals surface area contributed by atoms with Gasteiger partial charge in [0, 0.05) is 11.1 Å². The van der Waals surface area contributed by atoms with Crippen LogP contribution in [0.15, 0.2) is 24.3 Å². The molecule has 0 fully saturated rings. The molecular weight excluding hydrogens is 248 g/mol. The van der Waals surface area contributed by atoms with Gasteiger partial charge in [-0.1, -0.05) is 37.6 Å². The van der Waals surface area contributed by atoms with Crippen molar-refractivity contribution in [3.05, 3.63) is 34.9 Å². The average molecular weight is 269 g/mol. The van der Waals surface area contributed by atoms with Gasteiger partial charge in [-0.2, -0.15) is 0 Å². The Morgan fingerprint density at radius 1 is 1.28 bits per heavy atom. The van der Waals surface area contributed by atoms with Crippen LogP contribution in [-0.4, -0.2) is 18.0 Å². The van der Waals surface area contributed by atoms with Gasteiger partial charge in [-0.05, 0) is 37.0 Å². The van der Waals surface area contributed by atoms with Crippen molar-refractivity contribution in [1.82, 2.24) is 5.32 Å². The smallest absolute Gasteiger partial charge is 0.237 e. The Morgan fingerprint density at radius 2 is 1.83 bits per heavy atom. The lowest BCUT2D eigenvalue weighted by Crippen LogP contribution is -2.47. The Kier molecular flexibility index (Phi) is 5.63. The van der Waals surface area contributed by atoms with Gasteiger partial charge in [0.05, 0.1) is 6.04 Å². The SMILES string of the molecule is CC(Cc1ccc(Cl)cc1)NC(=O)C(N)C(C)C. The number of rotatable bonds is 5. The van der Waals surface area contributed by atoms with Crippen LogP contribution in [0.3, 0.4) is 0 Å². The average Bonchev–Trinajstić information content (AvgIpc) is 2.30. The molecular formula is C14H21ClN2O. The van der Waals surface area contributed by atoms with Gasteiger partial charge in [-0.25, -0.2) is 0 Å². The van der Waals surface area contributed by atoms with Crippen molar-refractivity contribution in [2.75, 3.05) is 0 Å². The summed E-state index contributed by atoms with van der Waals surface area (Å²) in [6, 6.07) is 7.25. The molecule has 100 valence electrons. The third kappa shape index (κ3) is 4.67. The molecule has 18 heavy (non-hydrogen) atoms. The van der Waals surface area contributed by atoms with Crippen molar-refractivity contribution >= 4 is 17.5 Å². The van der Waals surface area contributed by atoms with E-state index in [0.29, 0.717) is 0 Å². The highest BCUT2D eigenvalue weighted by Gasteiger charge is 2.18. The Morgan fingerprint density at radius 3 is 2.33 bits per heavy atom. The highest BCUT2D eigenvalue weighted by atomic mass is 35.5. The molecule has 2 unspecified atom stereocenters. The van der Waals surface area contributed by atoms with E-state index in [1.807, 2.05) is 45.0 Å². The largest absolute Gasteiger partial charge is 0.352 e. The van der Waals surface area contributed by atoms with Crippen molar-refractivity contribution in [1.29, 1.82) is 0 Å². The molecule has 4 heteroatoms. The summed E-state index contributed by atoms with van der Waals surface area (Å²) < 4.78 is 0. The Hall–Kier alpha value is -1.06. The second-order valence-corrected chi connectivity index (χ2v) is 5.45. The number of nitrogens with one attached hydrogen (secondary N) is 1. The molecule has 0 bridgehead atoms. The molecule has 3 N–H and O–H groups in total. The predicted molar refractivity (Wildman–Crippen MR) is 75.6 cm³/mol. The number of hydrogen-bond acceptors (Lipinski definition) is 2. The normalized spacial score (nSPS) is 14.3. The summed E-state index contributed by atoms with van der Waals surface area (Å²) in [5, 5.41) is 3.65. The minimum Gasteiger partial charge on any atom is -0.352 e. The molecule has 0 aliphatic heterocycles. The van der Waals surface area contributed by atoms with Gasteiger partial charge in [0.25, 0.3) is 0 Å². The monoisotopic (exact) mass is 268 g/mol. The molecule has 0 aliphatic carbocycles. The molecule has 2 atom stereocenters. The number of amides is 1. The zero-order valence-corrected chi connectivity index (χ0v) is 11.9. The minimum absolute atomic E-state index is 0.0588. The lowest BCUT2D eigenvalue weighted by molar-refractivity contribution is -0.123. The van der Waals surface area contributed by atoms with Crippen molar-refractivity contribution in [3.63, 3.8) is 0 Å². The molecule has 1 amide bonds. The second-order valence-electron chi connectivity index (χ2n) is 5.01. The standard InChI is InChI=1S/C14H21ClN2O/c1-9(2)13(16)14(18)17-10(3)8-11-4-6-12(15)7-5-11/h4-7,9-10,13H,8,16H2,1-3H3,(H,17,18). The first-order valence-corrected chi connectivity index (χ1v) is 6.58. The van der Waals surface area contributed by atoms with Crippen LogP contribution in [-0.2, 0) is 11.2 Å². The summed E-state index contributed by atoms with van der Waals surface area (Å²) in [5.41, 5.74) is 6.94. The molecule has 0 saturated carbocycles. The summed E-state index contributed by atoms with van der Waals surface area (Å²) in [4.78, 5) is 11.8. The van der Waals surface area contributed by atoms with Crippen LogP contribution in [0, 0.1) is 5.92 Å². The quantitative estimate of drug-likeness (QED) is 0.861. The highest BCUT2D eigenvalue weighted by molar-refractivity contribution is 6.30. The van der Waals surface area contributed by atoms with Gasteiger partial charge in [0.15, 0.2) is 0 Å². The Labute approximate surface area is 114 Å². The molecule has 1 aromatic carbocycles. The van der Waals surface area contributed by atoms with E-state index < -0.39 is 6.04 Å². The first-order valence-electron chi connectivity index (χ1n) is 6.20. The van der Waals surface area contributed by atoms with Crippen LogP contribution in [0.2, 0.25) is 5.02 Å². The summed E-state index contributed by atoms with van der Waals surface area (Å²) in [5.74, 6) is 0.0548. The number of halogens is 1. The fraction of sp³-hybridized carbons (Fsp3) is 0.500. The van der Waals surface area contributed by atoms with Crippen LogP contribution in [0.5, 0.6) is 0 Å². The van der Waals surface area contributed by atoms with Crippen LogP contribution in [0.1, 0.15) is 26.3 Å². The number of carbonyl (C=O) groups is 1. The van der Waals surface area contributed by atoms with Gasteiger partial charge in [0.1, 0.15) is 0 Å². The van der Waals surface area contributed by atoms with Crippen molar-refractivity contribution in [2.24, 2.45) is 11.7 Å². The van der Waals surface area contributed by atoms with E-state index in [4.69, 9.17) is 17.3 Å². The van der Waals surface area contributed by atoms with E-state index in [2.05, 4.69) is 5.32 Å². The Bertz CT molecular complexity index is 389. The lowest BCUT2D eigenvalue weighted by atomic mass is 10.0.